The standard InChI is InChI=1S/C12H9BF3N2/c14-13(15,16)10-5-4-8-12(9-10)18-17-11-6-2-1-3-7-11/h1-9H/q-1. The van der Waals surface area contributed by atoms with Crippen LogP contribution in [0.15, 0.2) is 64.8 Å². The maximum absolute atomic E-state index is 12.5. The van der Waals surface area contributed by atoms with Gasteiger partial charge in [0.1, 0.15) is 0 Å². The first-order valence-electron chi connectivity index (χ1n) is 5.32. The van der Waals surface area contributed by atoms with E-state index in [1.165, 1.54) is 12.1 Å². The summed E-state index contributed by atoms with van der Waals surface area (Å²) in [4.78, 5) is 0. The molecule has 0 amide bonds. The normalized spacial score (nSPS) is 11.9. The van der Waals surface area contributed by atoms with Crippen molar-refractivity contribution in [2.75, 3.05) is 0 Å². The van der Waals surface area contributed by atoms with Gasteiger partial charge in [-0.1, -0.05) is 36.4 Å². The molecule has 0 bridgehead atoms. The van der Waals surface area contributed by atoms with Crippen LogP contribution in [-0.4, -0.2) is 6.98 Å². The van der Waals surface area contributed by atoms with Crippen molar-refractivity contribution in [2.24, 2.45) is 10.2 Å². The summed E-state index contributed by atoms with van der Waals surface area (Å²) in [6.07, 6.45) is 0. The predicted octanol–water partition coefficient (Wildman–Crippen LogP) is 4.16. The highest BCUT2D eigenvalue weighted by molar-refractivity contribution is 6.73. The van der Waals surface area contributed by atoms with E-state index in [1.54, 1.807) is 24.3 Å². The van der Waals surface area contributed by atoms with Gasteiger partial charge >= 0.3 is 6.98 Å². The average Bonchev–Trinajstić information content (AvgIpc) is 2.37. The fourth-order valence-corrected chi connectivity index (χ4v) is 1.40. The molecule has 2 aromatic rings. The van der Waals surface area contributed by atoms with E-state index in [0.29, 0.717) is 5.69 Å². The van der Waals surface area contributed by atoms with Crippen LogP contribution in [0.2, 0.25) is 0 Å². The van der Waals surface area contributed by atoms with Gasteiger partial charge < -0.3 is 12.9 Å². The average molecular weight is 249 g/mol. The second-order valence-electron chi connectivity index (χ2n) is 3.71. The van der Waals surface area contributed by atoms with Crippen LogP contribution in [0.25, 0.3) is 0 Å². The van der Waals surface area contributed by atoms with E-state index in [0.717, 1.165) is 12.1 Å². The molecule has 0 atom stereocenters. The number of hydrogen-bond acceptors (Lipinski definition) is 2. The first kappa shape index (κ1) is 12.4. The highest BCUT2D eigenvalue weighted by atomic mass is 19.4. The molecular formula is C12H9BF3N2-. The maximum Gasteiger partial charge on any atom is 0.509 e. The summed E-state index contributed by atoms with van der Waals surface area (Å²) in [5, 5.41) is 7.65. The highest BCUT2D eigenvalue weighted by Gasteiger charge is 2.25. The lowest BCUT2D eigenvalue weighted by Gasteiger charge is -2.14. The van der Waals surface area contributed by atoms with E-state index < -0.39 is 12.4 Å². The van der Waals surface area contributed by atoms with Crippen molar-refractivity contribution in [1.82, 2.24) is 0 Å². The first-order valence-corrected chi connectivity index (χ1v) is 5.32. The van der Waals surface area contributed by atoms with Gasteiger partial charge in [0.15, 0.2) is 0 Å². The smallest absolute Gasteiger partial charge is 0.445 e. The minimum Gasteiger partial charge on any atom is -0.445 e. The lowest BCUT2D eigenvalue weighted by atomic mass is 9.80. The van der Waals surface area contributed by atoms with Crippen LogP contribution in [0, 0.1) is 0 Å². The Labute approximate surface area is 102 Å². The Hall–Kier alpha value is -2.11. The Kier molecular flexibility index (Phi) is 3.46. The molecule has 6 heteroatoms. The summed E-state index contributed by atoms with van der Waals surface area (Å²) in [5.41, 5.74) is 0.121. The summed E-state index contributed by atoms with van der Waals surface area (Å²) >= 11 is 0. The van der Waals surface area contributed by atoms with Crippen LogP contribution in [-0.2, 0) is 0 Å². The minimum atomic E-state index is -5.00. The van der Waals surface area contributed by atoms with Gasteiger partial charge in [0, 0.05) is 0 Å². The van der Waals surface area contributed by atoms with E-state index in [1.807, 2.05) is 6.07 Å². The fourth-order valence-electron chi connectivity index (χ4n) is 1.40. The summed E-state index contributed by atoms with van der Waals surface area (Å²) in [7, 11) is 0. The summed E-state index contributed by atoms with van der Waals surface area (Å²) in [6, 6.07) is 13.7. The number of halogens is 3. The van der Waals surface area contributed by atoms with Crippen LogP contribution in [0.5, 0.6) is 0 Å². The van der Waals surface area contributed by atoms with Gasteiger partial charge in [-0.3, -0.25) is 0 Å². The molecule has 0 aromatic heterocycles. The molecule has 0 heterocycles. The van der Waals surface area contributed by atoms with Crippen molar-refractivity contribution in [3.8, 4) is 0 Å². The lowest BCUT2D eigenvalue weighted by molar-refractivity contribution is 0.501. The van der Waals surface area contributed by atoms with Crippen molar-refractivity contribution >= 4 is 23.8 Å². The van der Waals surface area contributed by atoms with Crippen molar-refractivity contribution in [2.45, 2.75) is 0 Å². The number of benzene rings is 2. The predicted molar refractivity (Wildman–Crippen MR) is 65.8 cm³/mol. The molecule has 0 N–H and O–H groups in total. The van der Waals surface area contributed by atoms with Crippen molar-refractivity contribution in [3.63, 3.8) is 0 Å². The molecular weight excluding hydrogens is 240 g/mol. The van der Waals surface area contributed by atoms with E-state index >= 15 is 0 Å². The molecule has 0 aliphatic carbocycles. The van der Waals surface area contributed by atoms with Gasteiger partial charge in [-0.05, 0) is 18.2 Å². The molecule has 0 unspecified atom stereocenters. The second kappa shape index (κ2) is 5.04. The van der Waals surface area contributed by atoms with Crippen LogP contribution < -0.4 is 5.46 Å². The fraction of sp³-hybridized carbons (Fsp3) is 0. The molecule has 0 radical (unpaired) electrons. The Balaban J connectivity index is 2.23. The second-order valence-corrected chi connectivity index (χ2v) is 3.71. The van der Waals surface area contributed by atoms with Gasteiger partial charge in [-0.15, -0.1) is 5.46 Å². The molecule has 0 fully saturated rings. The highest BCUT2D eigenvalue weighted by Crippen LogP contribution is 2.18. The van der Waals surface area contributed by atoms with Crippen LogP contribution >= 0.6 is 0 Å². The summed E-state index contributed by atoms with van der Waals surface area (Å²) in [5.74, 6) is 0. The van der Waals surface area contributed by atoms with Crippen molar-refractivity contribution in [1.29, 1.82) is 0 Å². The topological polar surface area (TPSA) is 24.7 Å². The minimum absolute atomic E-state index is 0.190. The van der Waals surface area contributed by atoms with Gasteiger partial charge in [0.25, 0.3) is 0 Å². The number of rotatable bonds is 3. The lowest BCUT2D eigenvalue weighted by Crippen LogP contribution is -2.33. The van der Waals surface area contributed by atoms with E-state index in [-0.39, 0.29) is 5.69 Å². The zero-order valence-electron chi connectivity index (χ0n) is 9.30. The molecule has 0 aliphatic heterocycles. The van der Waals surface area contributed by atoms with Crippen molar-refractivity contribution in [3.05, 3.63) is 54.6 Å². The number of azo groups is 1. The van der Waals surface area contributed by atoms with Gasteiger partial charge in [0.2, 0.25) is 0 Å². The summed E-state index contributed by atoms with van der Waals surface area (Å²) < 4.78 is 37.6. The monoisotopic (exact) mass is 249 g/mol. The number of nitrogens with zero attached hydrogens (tertiary/aromatic N) is 2. The SMILES string of the molecule is F[B-](F)(F)c1cccc(N=Nc2ccccc2)c1. The van der Waals surface area contributed by atoms with E-state index in [4.69, 9.17) is 0 Å². The molecule has 2 aromatic carbocycles. The molecule has 0 spiro atoms. The van der Waals surface area contributed by atoms with E-state index in [2.05, 4.69) is 10.2 Å². The third-order valence-corrected chi connectivity index (χ3v) is 2.29. The third kappa shape index (κ3) is 3.19. The number of hydrogen-bond donors (Lipinski definition) is 0. The molecule has 0 saturated heterocycles. The first-order chi connectivity index (χ1) is 8.55. The Morgan fingerprint density at radius 1 is 0.722 bits per heavy atom. The zero-order valence-corrected chi connectivity index (χ0v) is 9.30. The van der Waals surface area contributed by atoms with Crippen LogP contribution in [0.1, 0.15) is 0 Å². The zero-order chi connectivity index (χ0) is 13.0. The molecule has 0 saturated carbocycles. The Morgan fingerprint density at radius 2 is 1.33 bits per heavy atom. The molecule has 92 valence electrons. The molecule has 2 rings (SSSR count). The maximum atomic E-state index is 12.5. The van der Waals surface area contributed by atoms with Gasteiger partial charge in [0.05, 0.1) is 11.4 Å². The largest absolute Gasteiger partial charge is 0.509 e. The van der Waals surface area contributed by atoms with Gasteiger partial charge in [-0.2, -0.15) is 10.2 Å². The quantitative estimate of drug-likeness (QED) is 0.576. The van der Waals surface area contributed by atoms with Crippen molar-refractivity contribution < 1.29 is 12.9 Å². The van der Waals surface area contributed by atoms with E-state index in [9.17, 15) is 12.9 Å². The summed E-state index contributed by atoms with van der Waals surface area (Å²) in [6.45, 7) is -5.00. The molecule has 0 aliphatic rings. The van der Waals surface area contributed by atoms with Crippen LogP contribution in [0.3, 0.4) is 0 Å². The Morgan fingerprint density at radius 3 is 2.00 bits per heavy atom. The van der Waals surface area contributed by atoms with Gasteiger partial charge in [-0.25, -0.2) is 0 Å². The van der Waals surface area contributed by atoms with Crippen LogP contribution in [0.4, 0.5) is 24.3 Å². The molecule has 2 nitrogen and oxygen atoms in total. The Bertz CT molecular complexity index is 553. The third-order valence-electron chi connectivity index (χ3n) is 2.29. The molecule has 18 heavy (non-hydrogen) atoms.